The highest BCUT2D eigenvalue weighted by Crippen LogP contribution is 2.38. The Bertz CT molecular complexity index is 915. The van der Waals surface area contributed by atoms with Gasteiger partial charge in [0.1, 0.15) is 11.8 Å². The average Bonchev–Trinajstić information content (AvgIpc) is 3.22. The van der Waals surface area contributed by atoms with Gasteiger partial charge in [0.25, 0.3) is 5.91 Å². The quantitative estimate of drug-likeness (QED) is 0.815. The molecule has 0 spiro atoms. The largest absolute Gasteiger partial charge is 0.463 e. The average molecular weight is 412 g/mol. The van der Waals surface area contributed by atoms with Crippen LogP contribution in [-0.4, -0.2) is 59.4 Å². The van der Waals surface area contributed by atoms with E-state index in [9.17, 15) is 9.59 Å². The Hall–Kier alpha value is -2.34. The summed E-state index contributed by atoms with van der Waals surface area (Å²) in [5, 5.41) is 3.97. The summed E-state index contributed by atoms with van der Waals surface area (Å²) in [6, 6.07) is 8.49. The number of nitrogens with one attached hydrogen (secondary N) is 1. The van der Waals surface area contributed by atoms with E-state index in [0.29, 0.717) is 36.7 Å². The van der Waals surface area contributed by atoms with E-state index < -0.39 is 0 Å². The monoisotopic (exact) mass is 411 g/mol. The maximum Gasteiger partial charge on any atom is 0.255 e. The number of rotatable bonds is 5. The molecule has 30 heavy (non-hydrogen) atoms. The number of fused-ring (bicyclic) bond motifs is 3. The fraction of sp³-hybridized carbons (Fsp3) is 0.583. The topological polar surface area (TPSA) is 65.8 Å². The van der Waals surface area contributed by atoms with Gasteiger partial charge in [0.2, 0.25) is 5.91 Å². The van der Waals surface area contributed by atoms with Crippen molar-refractivity contribution in [2.24, 2.45) is 5.92 Å². The fourth-order valence-corrected chi connectivity index (χ4v) is 4.93. The van der Waals surface area contributed by atoms with E-state index in [1.807, 2.05) is 36.2 Å². The summed E-state index contributed by atoms with van der Waals surface area (Å²) in [6.07, 6.45) is 5.91. The second kappa shape index (κ2) is 8.06. The first-order valence-corrected chi connectivity index (χ1v) is 11.0. The number of amides is 2. The van der Waals surface area contributed by atoms with Crippen LogP contribution in [0.5, 0.6) is 0 Å². The van der Waals surface area contributed by atoms with Crippen LogP contribution in [0.15, 0.2) is 34.9 Å². The highest BCUT2D eigenvalue weighted by molar-refractivity contribution is 6.05. The lowest BCUT2D eigenvalue weighted by Gasteiger charge is -2.40. The first-order chi connectivity index (χ1) is 14.2. The van der Waals surface area contributed by atoms with Crippen LogP contribution in [0.4, 0.5) is 0 Å². The van der Waals surface area contributed by atoms with Crippen LogP contribution in [0.1, 0.15) is 56.8 Å². The Balaban J connectivity index is 1.32. The molecule has 2 aromatic rings. The smallest absolute Gasteiger partial charge is 0.255 e. The van der Waals surface area contributed by atoms with Crippen molar-refractivity contribution in [1.29, 1.82) is 0 Å². The zero-order valence-electron chi connectivity index (χ0n) is 18.5. The van der Waals surface area contributed by atoms with E-state index in [2.05, 4.69) is 31.0 Å². The fourth-order valence-electron chi connectivity index (χ4n) is 4.93. The lowest BCUT2D eigenvalue weighted by molar-refractivity contribution is -0.136. The van der Waals surface area contributed by atoms with Gasteiger partial charge in [0, 0.05) is 36.6 Å². The maximum atomic E-state index is 12.7. The van der Waals surface area contributed by atoms with Crippen molar-refractivity contribution in [1.82, 2.24) is 15.1 Å². The van der Waals surface area contributed by atoms with Gasteiger partial charge in [-0.15, -0.1) is 0 Å². The highest BCUT2D eigenvalue weighted by Gasteiger charge is 2.42. The molecule has 0 aliphatic carbocycles. The minimum Gasteiger partial charge on any atom is -0.463 e. The third-order valence-corrected chi connectivity index (χ3v) is 6.96. The minimum atomic E-state index is -0.157. The number of hydrogen-bond acceptors (Lipinski definition) is 4. The van der Waals surface area contributed by atoms with Crippen molar-refractivity contribution in [3.63, 3.8) is 0 Å². The van der Waals surface area contributed by atoms with Crippen molar-refractivity contribution in [3.8, 4) is 0 Å². The molecule has 2 saturated heterocycles. The molecule has 0 saturated carbocycles. The van der Waals surface area contributed by atoms with Crippen LogP contribution >= 0.6 is 0 Å². The minimum absolute atomic E-state index is 0.0725. The molecule has 2 aliphatic heterocycles. The van der Waals surface area contributed by atoms with E-state index in [4.69, 9.17) is 4.42 Å². The Kier molecular flexibility index (Phi) is 5.62. The van der Waals surface area contributed by atoms with Crippen molar-refractivity contribution in [2.75, 3.05) is 20.1 Å². The van der Waals surface area contributed by atoms with Crippen LogP contribution in [0.2, 0.25) is 0 Å². The van der Waals surface area contributed by atoms with Crippen LogP contribution in [-0.2, 0) is 4.79 Å². The molecule has 2 bridgehead atoms. The first-order valence-electron chi connectivity index (χ1n) is 11.0. The van der Waals surface area contributed by atoms with Crippen LogP contribution in [0, 0.1) is 5.92 Å². The van der Waals surface area contributed by atoms with Gasteiger partial charge in [-0.05, 0) is 58.4 Å². The molecule has 162 valence electrons. The molecule has 2 aliphatic rings. The van der Waals surface area contributed by atoms with Crippen molar-refractivity contribution in [3.05, 3.63) is 36.1 Å². The normalized spacial score (nSPS) is 24.2. The molecule has 2 fully saturated rings. The van der Waals surface area contributed by atoms with Crippen LogP contribution < -0.4 is 5.32 Å². The molecule has 6 heteroatoms. The maximum absolute atomic E-state index is 12.7. The number of piperidine rings is 1. The Morgan fingerprint density at radius 3 is 2.50 bits per heavy atom. The number of carbonyl (C=O) groups is 2. The summed E-state index contributed by atoms with van der Waals surface area (Å²) < 4.78 is 5.50. The Labute approximate surface area is 178 Å². The molecule has 2 amide bonds. The molecule has 3 atom stereocenters. The van der Waals surface area contributed by atoms with Crippen molar-refractivity contribution < 1.29 is 14.0 Å². The summed E-state index contributed by atoms with van der Waals surface area (Å²) in [4.78, 5) is 29.7. The summed E-state index contributed by atoms with van der Waals surface area (Å²) in [5.41, 5.74) is 1.18. The van der Waals surface area contributed by atoms with Gasteiger partial charge in [-0.1, -0.05) is 18.2 Å². The van der Waals surface area contributed by atoms with Gasteiger partial charge in [0.05, 0.1) is 12.1 Å². The van der Waals surface area contributed by atoms with E-state index in [1.54, 1.807) is 6.26 Å². The van der Waals surface area contributed by atoms with E-state index in [1.165, 1.54) is 0 Å². The van der Waals surface area contributed by atoms with Gasteiger partial charge >= 0.3 is 0 Å². The summed E-state index contributed by atoms with van der Waals surface area (Å²) in [6.45, 7) is 7.38. The summed E-state index contributed by atoms with van der Waals surface area (Å²) in [7, 11) is 1.89. The third kappa shape index (κ3) is 4.10. The molecule has 1 aromatic carbocycles. The first kappa shape index (κ1) is 20.9. The lowest BCUT2D eigenvalue weighted by atomic mass is 9.90. The molecule has 1 N–H and O–H groups in total. The van der Waals surface area contributed by atoms with Crippen molar-refractivity contribution in [2.45, 2.75) is 64.1 Å². The molecule has 1 aromatic heterocycles. The van der Waals surface area contributed by atoms with Crippen molar-refractivity contribution >= 4 is 22.8 Å². The SMILES string of the molecule is CN(C(=O)CN1C2CC[C@@H]1C[C@@H](CNC(=O)c1coc3ccccc13)C2)C(C)(C)C. The number of likely N-dealkylation sites (N-methyl/N-ethyl adjacent to an activating group) is 1. The zero-order chi connectivity index (χ0) is 21.5. The number of hydrogen-bond donors (Lipinski definition) is 1. The second-order valence-electron chi connectivity index (χ2n) is 9.87. The standard InChI is InChI=1S/C24H33N3O3/c1-24(2,3)26(4)22(28)14-27-17-9-10-18(27)12-16(11-17)13-25-23(29)20-15-30-21-8-6-5-7-19(20)21/h5-8,15-18H,9-14H2,1-4H3,(H,25,29)/t16-,17-,18?/m1/s1. The number of benzene rings is 1. The Morgan fingerprint density at radius 2 is 1.83 bits per heavy atom. The van der Waals surface area contributed by atoms with Gasteiger partial charge < -0.3 is 14.6 Å². The van der Waals surface area contributed by atoms with Gasteiger partial charge in [-0.2, -0.15) is 0 Å². The zero-order valence-corrected chi connectivity index (χ0v) is 18.5. The number of nitrogens with zero attached hydrogens (tertiary/aromatic N) is 2. The van der Waals surface area contributed by atoms with Crippen LogP contribution in [0.25, 0.3) is 11.0 Å². The van der Waals surface area contributed by atoms with Gasteiger partial charge in [-0.3, -0.25) is 14.5 Å². The highest BCUT2D eigenvalue weighted by atomic mass is 16.3. The van der Waals surface area contributed by atoms with E-state index >= 15 is 0 Å². The number of carbonyl (C=O) groups excluding carboxylic acids is 2. The number of para-hydroxylation sites is 1. The second-order valence-corrected chi connectivity index (χ2v) is 9.87. The predicted molar refractivity (Wildman–Crippen MR) is 117 cm³/mol. The molecular weight excluding hydrogens is 378 g/mol. The molecule has 4 rings (SSSR count). The van der Waals surface area contributed by atoms with E-state index in [0.717, 1.165) is 36.7 Å². The predicted octanol–water partition coefficient (Wildman–Crippen LogP) is 3.66. The Morgan fingerprint density at radius 1 is 1.17 bits per heavy atom. The molecule has 6 nitrogen and oxygen atoms in total. The molecule has 3 heterocycles. The van der Waals surface area contributed by atoms with Gasteiger partial charge in [0.15, 0.2) is 0 Å². The number of furan rings is 1. The van der Waals surface area contributed by atoms with Gasteiger partial charge in [-0.25, -0.2) is 0 Å². The molecular formula is C24H33N3O3. The molecule has 1 unspecified atom stereocenters. The van der Waals surface area contributed by atoms with Crippen LogP contribution in [0.3, 0.4) is 0 Å². The molecule has 0 radical (unpaired) electrons. The van der Waals surface area contributed by atoms with E-state index in [-0.39, 0.29) is 17.4 Å². The summed E-state index contributed by atoms with van der Waals surface area (Å²) >= 11 is 0. The lowest BCUT2D eigenvalue weighted by Crippen LogP contribution is -2.52. The summed E-state index contributed by atoms with van der Waals surface area (Å²) in [5.74, 6) is 0.575. The third-order valence-electron chi connectivity index (χ3n) is 6.96.